The summed E-state index contributed by atoms with van der Waals surface area (Å²) in [4.78, 5) is 11.7. The summed E-state index contributed by atoms with van der Waals surface area (Å²) in [6.07, 6.45) is 0. The SMILES string of the molecule is CC(C)(C)c1cc(-c2ccc(Cl)cc2C(=O)O)c(O)c(C(C)(C)C)c1. The predicted molar refractivity (Wildman–Crippen MR) is 103 cm³/mol. The number of rotatable bonds is 2. The van der Waals surface area contributed by atoms with Crippen LogP contribution < -0.4 is 0 Å². The highest BCUT2D eigenvalue weighted by Gasteiger charge is 2.26. The molecule has 134 valence electrons. The summed E-state index contributed by atoms with van der Waals surface area (Å²) in [5.74, 6) is -0.958. The molecule has 0 aliphatic heterocycles. The van der Waals surface area contributed by atoms with Gasteiger partial charge in [-0.25, -0.2) is 4.79 Å². The van der Waals surface area contributed by atoms with Crippen molar-refractivity contribution in [3.05, 3.63) is 52.0 Å². The van der Waals surface area contributed by atoms with Gasteiger partial charge < -0.3 is 10.2 Å². The van der Waals surface area contributed by atoms with Crippen LogP contribution in [0.5, 0.6) is 5.75 Å². The van der Waals surface area contributed by atoms with E-state index in [0.29, 0.717) is 16.1 Å². The predicted octanol–water partition coefficient (Wildman–Crippen LogP) is 6.01. The van der Waals surface area contributed by atoms with Gasteiger partial charge in [-0.2, -0.15) is 0 Å². The molecule has 2 N–H and O–H groups in total. The fourth-order valence-electron chi connectivity index (χ4n) is 2.77. The lowest BCUT2D eigenvalue weighted by Gasteiger charge is -2.28. The summed E-state index contributed by atoms with van der Waals surface area (Å²) in [6.45, 7) is 12.4. The molecular weight excluding hydrogens is 336 g/mol. The van der Waals surface area contributed by atoms with Gasteiger partial charge in [0.2, 0.25) is 0 Å². The van der Waals surface area contributed by atoms with Crippen molar-refractivity contribution < 1.29 is 15.0 Å². The fraction of sp³-hybridized carbons (Fsp3) is 0.381. The topological polar surface area (TPSA) is 57.5 Å². The lowest BCUT2D eigenvalue weighted by molar-refractivity contribution is 0.0697. The molecule has 0 saturated heterocycles. The maximum absolute atomic E-state index is 11.7. The Balaban J connectivity index is 2.89. The highest BCUT2D eigenvalue weighted by Crippen LogP contribution is 2.43. The molecule has 0 saturated carbocycles. The average molecular weight is 361 g/mol. The number of halogens is 1. The van der Waals surface area contributed by atoms with Crippen LogP contribution in [0.2, 0.25) is 5.02 Å². The van der Waals surface area contributed by atoms with Crippen molar-refractivity contribution in [2.24, 2.45) is 0 Å². The van der Waals surface area contributed by atoms with E-state index >= 15 is 0 Å². The Bertz CT molecular complexity index is 824. The smallest absolute Gasteiger partial charge is 0.336 e. The van der Waals surface area contributed by atoms with Crippen LogP contribution in [0.15, 0.2) is 30.3 Å². The van der Waals surface area contributed by atoms with E-state index in [1.807, 2.05) is 32.9 Å². The van der Waals surface area contributed by atoms with Gasteiger partial charge in [-0.05, 0) is 40.2 Å². The second-order valence-electron chi connectivity index (χ2n) is 8.42. The maximum atomic E-state index is 11.7. The first kappa shape index (κ1) is 19.3. The number of phenols is 1. The standard InChI is InChI=1S/C21H25ClO3/c1-20(2,3)12-9-15(18(23)17(10-12)21(4,5)6)14-8-7-13(22)11-16(14)19(24)25/h7-11,23H,1-6H3,(H,24,25). The third-order valence-corrected chi connectivity index (χ3v) is 4.52. The first-order chi connectivity index (χ1) is 11.3. The van der Waals surface area contributed by atoms with Crippen LogP contribution in [0.4, 0.5) is 0 Å². The fourth-order valence-corrected chi connectivity index (χ4v) is 2.94. The van der Waals surface area contributed by atoms with Gasteiger partial charge in [-0.1, -0.05) is 65.3 Å². The molecule has 0 fully saturated rings. The monoisotopic (exact) mass is 360 g/mol. The molecule has 0 unspecified atom stereocenters. The summed E-state index contributed by atoms with van der Waals surface area (Å²) >= 11 is 5.97. The van der Waals surface area contributed by atoms with Gasteiger partial charge in [0.15, 0.2) is 0 Å². The molecule has 0 aliphatic rings. The third-order valence-electron chi connectivity index (χ3n) is 4.29. The van der Waals surface area contributed by atoms with E-state index < -0.39 is 5.97 Å². The number of aromatic carboxylic acids is 1. The van der Waals surface area contributed by atoms with E-state index in [1.54, 1.807) is 12.1 Å². The van der Waals surface area contributed by atoms with Crippen molar-refractivity contribution in [1.82, 2.24) is 0 Å². The van der Waals surface area contributed by atoms with Crippen LogP contribution in [0.3, 0.4) is 0 Å². The third kappa shape index (κ3) is 3.98. The molecule has 0 aromatic heterocycles. The number of phenolic OH excluding ortho intramolecular Hbond substituents is 1. The highest BCUT2D eigenvalue weighted by atomic mass is 35.5. The quantitative estimate of drug-likeness (QED) is 0.689. The van der Waals surface area contributed by atoms with E-state index in [0.717, 1.165) is 11.1 Å². The van der Waals surface area contributed by atoms with E-state index in [1.165, 1.54) is 6.07 Å². The van der Waals surface area contributed by atoms with Crippen LogP contribution in [-0.2, 0) is 10.8 Å². The molecule has 0 atom stereocenters. The minimum atomic E-state index is -1.07. The number of carbonyl (C=O) groups is 1. The van der Waals surface area contributed by atoms with Gasteiger partial charge in [0, 0.05) is 16.1 Å². The van der Waals surface area contributed by atoms with Gasteiger partial charge in [0.25, 0.3) is 0 Å². The molecule has 25 heavy (non-hydrogen) atoms. The first-order valence-corrected chi connectivity index (χ1v) is 8.61. The largest absolute Gasteiger partial charge is 0.507 e. The van der Waals surface area contributed by atoms with Crippen LogP contribution in [0.1, 0.15) is 63.0 Å². The van der Waals surface area contributed by atoms with Gasteiger partial charge in [0.05, 0.1) is 5.56 Å². The summed E-state index contributed by atoms with van der Waals surface area (Å²) in [6, 6.07) is 8.59. The van der Waals surface area contributed by atoms with Gasteiger partial charge in [0.1, 0.15) is 5.75 Å². The van der Waals surface area contributed by atoms with Gasteiger partial charge >= 0.3 is 5.97 Å². The first-order valence-electron chi connectivity index (χ1n) is 8.23. The summed E-state index contributed by atoms with van der Waals surface area (Å²) in [5, 5.41) is 20.8. The molecule has 2 rings (SSSR count). The lowest BCUT2D eigenvalue weighted by Crippen LogP contribution is -2.17. The molecule has 0 spiro atoms. The second-order valence-corrected chi connectivity index (χ2v) is 8.85. The zero-order valence-corrected chi connectivity index (χ0v) is 16.3. The molecule has 0 aliphatic carbocycles. The molecule has 0 bridgehead atoms. The van der Waals surface area contributed by atoms with Gasteiger partial charge in [-0.15, -0.1) is 0 Å². The zero-order valence-electron chi connectivity index (χ0n) is 15.6. The maximum Gasteiger partial charge on any atom is 0.336 e. The Kier molecular flexibility index (Phi) is 4.93. The highest BCUT2D eigenvalue weighted by molar-refractivity contribution is 6.31. The van der Waals surface area contributed by atoms with E-state index in [-0.39, 0.29) is 22.1 Å². The minimum absolute atomic E-state index is 0.0775. The van der Waals surface area contributed by atoms with Crippen LogP contribution in [-0.4, -0.2) is 16.2 Å². The lowest BCUT2D eigenvalue weighted by atomic mass is 9.78. The Morgan fingerprint density at radius 1 is 0.920 bits per heavy atom. The molecule has 2 aromatic rings. The Hall–Kier alpha value is -2.00. The number of benzene rings is 2. The summed E-state index contributed by atoms with van der Waals surface area (Å²) in [7, 11) is 0. The van der Waals surface area contributed by atoms with E-state index in [9.17, 15) is 15.0 Å². The van der Waals surface area contributed by atoms with Crippen molar-refractivity contribution in [3.63, 3.8) is 0 Å². The van der Waals surface area contributed by atoms with E-state index in [2.05, 4.69) is 20.8 Å². The van der Waals surface area contributed by atoms with Crippen molar-refractivity contribution in [3.8, 4) is 16.9 Å². The summed E-state index contributed by atoms with van der Waals surface area (Å²) < 4.78 is 0. The molecule has 2 aromatic carbocycles. The zero-order chi connectivity index (χ0) is 19.2. The Morgan fingerprint density at radius 2 is 1.52 bits per heavy atom. The number of aromatic hydroxyl groups is 1. The molecule has 3 nitrogen and oxygen atoms in total. The average Bonchev–Trinajstić information content (AvgIpc) is 2.45. The number of carboxylic acids is 1. The Morgan fingerprint density at radius 3 is 2.00 bits per heavy atom. The molecular formula is C21H25ClO3. The normalized spacial score (nSPS) is 12.3. The molecule has 4 heteroatoms. The van der Waals surface area contributed by atoms with Gasteiger partial charge in [-0.3, -0.25) is 0 Å². The number of carboxylic acid groups (broad SMARTS) is 1. The summed E-state index contributed by atoms with van der Waals surface area (Å²) in [5.41, 5.74) is 2.47. The van der Waals surface area contributed by atoms with E-state index in [4.69, 9.17) is 11.6 Å². The van der Waals surface area contributed by atoms with Crippen molar-refractivity contribution in [2.75, 3.05) is 0 Å². The van der Waals surface area contributed by atoms with Crippen LogP contribution in [0.25, 0.3) is 11.1 Å². The van der Waals surface area contributed by atoms with Crippen molar-refractivity contribution in [1.29, 1.82) is 0 Å². The van der Waals surface area contributed by atoms with Crippen molar-refractivity contribution in [2.45, 2.75) is 52.4 Å². The molecule has 0 amide bonds. The van der Waals surface area contributed by atoms with Crippen LogP contribution >= 0.6 is 11.6 Å². The number of hydrogen-bond acceptors (Lipinski definition) is 2. The van der Waals surface area contributed by atoms with Crippen LogP contribution in [0, 0.1) is 0 Å². The Labute approximate surface area is 154 Å². The molecule has 0 heterocycles. The number of hydrogen-bond donors (Lipinski definition) is 2. The second kappa shape index (κ2) is 6.38. The van der Waals surface area contributed by atoms with Crippen molar-refractivity contribution >= 4 is 17.6 Å². The molecule has 0 radical (unpaired) electrons. The minimum Gasteiger partial charge on any atom is -0.507 e.